The summed E-state index contributed by atoms with van der Waals surface area (Å²) in [5.74, 6) is -0.436. The van der Waals surface area contributed by atoms with Gasteiger partial charge >= 0.3 is 12.5 Å². The van der Waals surface area contributed by atoms with Crippen molar-refractivity contribution in [3.63, 3.8) is 0 Å². The van der Waals surface area contributed by atoms with Gasteiger partial charge in [-0.15, -0.1) is 12.4 Å². The van der Waals surface area contributed by atoms with Crippen LogP contribution >= 0.6 is 12.4 Å². The van der Waals surface area contributed by atoms with Crippen LogP contribution in [0.1, 0.15) is 18.5 Å². The predicted octanol–water partition coefficient (Wildman–Crippen LogP) is 2.73. The zero-order valence-corrected chi connectivity index (χ0v) is 10.7. The molecule has 1 aromatic carbocycles. The minimum Gasteiger partial charge on any atom is -0.428 e. The molecule has 0 spiro atoms. The Morgan fingerprint density at radius 3 is 2.37 bits per heavy atom. The van der Waals surface area contributed by atoms with Gasteiger partial charge in [0, 0.05) is 0 Å². The zero-order chi connectivity index (χ0) is 13.9. The summed E-state index contributed by atoms with van der Waals surface area (Å²) in [6, 6.07) is 4.19. The molecule has 0 aliphatic carbocycles. The summed E-state index contributed by atoms with van der Waals surface area (Å²) in [4.78, 5) is 0. The summed E-state index contributed by atoms with van der Waals surface area (Å²) >= 11 is 0. The predicted molar refractivity (Wildman–Crippen MR) is 63.9 cm³/mol. The highest BCUT2D eigenvalue weighted by molar-refractivity contribution is 5.85. The van der Waals surface area contributed by atoms with Crippen LogP contribution in [0, 0.1) is 0 Å². The van der Waals surface area contributed by atoms with Crippen molar-refractivity contribution in [3.05, 3.63) is 29.8 Å². The smallest absolute Gasteiger partial charge is 0.428 e. The number of aliphatic hydroxyl groups is 1. The molecule has 0 fully saturated rings. The summed E-state index contributed by atoms with van der Waals surface area (Å²) in [7, 11) is 0. The molecule has 0 saturated carbocycles. The van der Waals surface area contributed by atoms with E-state index in [9.17, 15) is 22.7 Å². The Balaban J connectivity index is 0.00000324. The molecule has 3 N–H and O–H groups in total. The largest absolute Gasteiger partial charge is 0.461 e. The topological polar surface area (TPSA) is 55.5 Å². The quantitative estimate of drug-likeness (QED) is 0.822. The number of hydrogen-bond donors (Lipinski definition) is 2. The van der Waals surface area contributed by atoms with Gasteiger partial charge in [0.15, 0.2) is 0 Å². The van der Waals surface area contributed by atoms with E-state index in [-0.39, 0.29) is 12.4 Å². The molecule has 0 unspecified atom stereocenters. The van der Waals surface area contributed by atoms with Crippen LogP contribution in [0.25, 0.3) is 0 Å². The van der Waals surface area contributed by atoms with Gasteiger partial charge in [0.2, 0.25) is 0 Å². The van der Waals surface area contributed by atoms with Gasteiger partial charge in [-0.25, -0.2) is 0 Å². The van der Waals surface area contributed by atoms with Crippen molar-refractivity contribution in [2.75, 3.05) is 0 Å². The van der Waals surface area contributed by atoms with E-state index in [0.717, 1.165) is 12.1 Å². The molecule has 0 amide bonds. The second kappa shape index (κ2) is 6.93. The van der Waals surface area contributed by atoms with E-state index in [1.54, 1.807) is 0 Å². The fourth-order valence-electron chi connectivity index (χ4n) is 1.27. The van der Waals surface area contributed by atoms with E-state index >= 15 is 0 Å². The molecule has 1 rings (SSSR count). The van der Waals surface area contributed by atoms with Gasteiger partial charge in [0.1, 0.15) is 5.75 Å². The molecule has 0 radical (unpaired) electrons. The van der Waals surface area contributed by atoms with E-state index in [0.29, 0.717) is 5.56 Å². The Hall–Kier alpha value is -1.05. The molecule has 0 heterocycles. The summed E-state index contributed by atoms with van der Waals surface area (Å²) in [6.07, 6.45) is -9.39. The first kappa shape index (κ1) is 17.9. The highest BCUT2D eigenvalue weighted by Crippen LogP contribution is 2.29. The number of ether oxygens (including phenoxy) is 1. The van der Waals surface area contributed by atoms with Crippen LogP contribution < -0.4 is 10.5 Å². The van der Waals surface area contributed by atoms with Gasteiger partial charge in [-0.05, 0) is 24.6 Å². The number of halogens is 5. The lowest BCUT2D eigenvalue weighted by Gasteiger charge is -2.19. The van der Waals surface area contributed by atoms with Crippen molar-refractivity contribution in [1.29, 1.82) is 0 Å². The van der Waals surface area contributed by atoms with Gasteiger partial charge in [-0.1, -0.05) is 12.1 Å². The summed E-state index contributed by atoms with van der Waals surface area (Å²) in [6.45, 7) is 1.42. The molecule has 2 atom stereocenters. The molecule has 0 bridgehead atoms. The highest BCUT2D eigenvalue weighted by Gasteiger charge is 2.44. The maximum atomic E-state index is 12.7. The maximum absolute atomic E-state index is 12.7. The van der Waals surface area contributed by atoms with Crippen molar-refractivity contribution < 1.29 is 27.4 Å². The maximum Gasteiger partial charge on any atom is 0.461 e. The molecule has 3 nitrogen and oxygen atoms in total. The normalized spacial score (nSPS) is 14.7. The van der Waals surface area contributed by atoms with Crippen LogP contribution in [0.15, 0.2) is 24.3 Å². The molecule has 0 aliphatic rings. The van der Waals surface area contributed by atoms with Crippen LogP contribution in [0.4, 0.5) is 17.6 Å². The van der Waals surface area contributed by atoms with Crippen LogP contribution in [0.2, 0.25) is 0 Å². The number of alkyl halides is 4. The van der Waals surface area contributed by atoms with E-state index in [2.05, 4.69) is 4.74 Å². The first-order valence-electron chi connectivity index (χ1n) is 5.12. The third-order valence-electron chi connectivity index (χ3n) is 2.27. The fraction of sp³-hybridized carbons (Fsp3) is 0.455. The lowest BCUT2D eigenvalue weighted by atomic mass is 10.0. The van der Waals surface area contributed by atoms with E-state index in [4.69, 9.17) is 5.73 Å². The number of benzene rings is 1. The number of hydrogen-bond acceptors (Lipinski definition) is 3. The van der Waals surface area contributed by atoms with Crippen molar-refractivity contribution >= 4 is 12.4 Å². The molecule has 1 aromatic rings. The zero-order valence-electron chi connectivity index (χ0n) is 9.89. The van der Waals surface area contributed by atoms with E-state index in [1.165, 1.54) is 19.1 Å². The van der Waals surface area contributed by atoms with E-state index < -0.39 is 30.4 Å². The Morgan fingerprint density at radius 2 is 1.89 bits per heavy atom. The third-order valence-corrected chi connectivity index (χ3v) is 2.27. The number of nitrogens with two attached hydrogens (primary N) is 1. The molecule has 110 valence electrons. The Bertz CT molecular complexity index is 404. The van der Waals surface area contributed by atoms with Crippen molar-refractivity contribution in [3.8, 4) is 5.75 Å². The van der Waals surface area contributed by atoms with Crippen molar-refractivity contribution in [2.45, 2.75) is 31.6 Å². The summed E-state index contributed by atoms with van der Waals surface area (Å²) in [5, 5.41) is 9.25. The van der Waals surface area contributed by atoms with Crippen LogP contribution in [-0.4, -0.2) is 23.7 Å². The van der Waals surface area contributed by atoms with Gasteiger partial charge in [-0.2, -0.15) is 17.6 Å². The van der Waals surface area contributed by atoms with Gasteiger partial charge in [0.25, 0.3) is 0 Å². The molecule has 0 saturated heterocycles. The highest BCUT2D eigenvalue weighted by atomic mass is 35.5. The second-order valence-corrected chi connectivity index (χ2v) is 3.80. The molecule has 0 aromatic heterocycles. The Labute approximate surface area is 113 Å². The lowest BCUT2D eigenvalue weighted by Crippen LogP contribution is -2.33. The summed E-state index contributed by atoms with van der Waals surface area (Å²) < 4.78 is 53.1. The first-order valence-corrected chi connectivity index (χ1v) is 5.12. The molecular weight excluding hydrogens is 290 g/mol. The average Bonchev–Trinajstić information content (AvgIpc) is 2.27. The fourth-order valence-corrected chi connectivity index (χ4v) is 1.27. The van der Waals surface area contributed by atoms with Gasteiger partial charge in [-0.3, -0.25) is 0 Å². The first-order chi connectivity index (χ1) is 8.24. The summed E-state index contributed by atoms with van der Waals surface area (Å²) in [5.41, 5.74) is 5.90. The van der Waals surface area contributed by atoms with E-state index in [1.807, 2.05) is 0 Å². The number of rotatable bonds is 5. The van der Waals surface area contributed by atoms with Crippen LogP contribution in [0.5, 0.6) is 5.75 Å². The minimum absolute atomic E-state index is 0. The Morgan fingerprint density at radius 1 is 1.32 bits per heavy atom. The monoisotopic (exact) mass is 303 g/mol. The van der Waals surface area contributed by atoms with Crippen LogP contribution in [-0.2, 0) is 0 Å². The standard InChI is InChI=1S/C11H13F4NO2.ClH/c1-6(17)9(16)7-3-2-4-8(5-7)18-11(14,15)10(12)13;/h2-6,9-10,17H,16H2,1H3;1H/t6-,9-;/m1./s1. The number of aliphatic hydroxyl groups excluding tert-OH is 1. The average molecular weight is 304 g/mol. The molecule has 8 heteroatoms. The Kier molecular flexibility index (Phi) is 6.54. The second-order valence-electron chi connectivity index (χ2n) is 3.80. The van der Waals surface area contributed by atoms with Crippen molar-refractivity contribution in [1.82, 2.24) is 0 Å². The SMILES string of the molecule is C[C@@H](O)[C@@H](N)c1cccc(OC(F)(F)C(F)F)c1.Cl. The third kappa shape index (κ3) is 4.85. The molecule has 19 heavy (non-hydrogen) atoms. The molecular formula is C11H14ClF4NO2. The molecule has 0 aliphatic heterocycles. The lowest BCUT2D eigenvalue weighted by molar-refractivity contribution is -0.253. The minimum atomic E-state index is -4.56. The van der Waals surface area contributed by atoms with Gasteiger partial charge < -0.3 is 15.6 Å². The van der Waals surface area contributed by atoms with Crippen molar-refractivity contribution in [2.24, 2.45) is 5.73 Å². The van der Waals surface area contributed by atoms with Gasteiger partial charge in [0.05, 0.1) is 12.1 Å². The van der Waals surface area contributed by atoms with Crippen LogP contribution in [0.3, 0.4) is 0 Å².